The maximum atomic E-state index is 12.9. The highest BCUT2D eigenvalue weighted by Gasteiger charge is 2.19. The number of hydrogen-bond donors (Lipinski definition) is 0. The summed E-state index contributed by atoms with van der Waals surface area (Å²) in [6.07, 6.45) is 71.5. The number of carbonyl (C=O) groups is 3. The van der Waals surface area contributed by atoms with E-state index in [1.807, 2.05) is 0 Å². The quantitative estimate of drug-likeness (QED) is 0.0261. The van der Waals surface area contributed by atoms with Crippen LogP contribution in [0, 0.1) is 0 Å². The Morgan fingerprint density at radius 1 is 0.286 bits per heavy atom. The van der Waals surface area contributed by atoms with Gasteiger partial charge in [-0.05, 0) is 57.8 Å². The average Bonchev–Trinajstić information content (AvgIpc) is 3.36. The lowest BCUT2D eigenvalue weighted by Gasteiger charge is -2.18. The zero-order chi connectivity index (χ0) is 50.7. The first kappa shape index (κ1) is 67.6. The van der Waals surface area contributed by atoms with Crippen LogP contribution < -0.4 is 0 Å². The minimum absolute atomic E-state index is 0.0696. The van der Waals surface area contributed by atoms with E-state index in [-0.39, 0.29) is 31.1 Å². The molecule has 1 atom stereocenters. The fourth-order valence-corrected chi connectivity index (χ4v) is 9.22. The Morgan fingerprint density at radius 2 is 0.514 bits per heavy atom. The lowest BCUT2D eigenvalue weighted by molar-refractivity contribution is -0.167. The molecule has 0 N–H and O–H groups in total. The van der Waals surface area contributed by atoms with Crippen LogP contribution in [-0.4, -0.2) is 37.2 Å². The molecule has 0 heterocycles. The molecule has 6 heteroatoms. The van der Waals surface area contributed by atoms with Crippen molar-refractivity contribution in [2.45, 2.75) is 341 Å². The number of unbranched alkanes of at least 4 members (excludes halogenated alkanes) is 40. The Hall–Kier alpha value is -2.37. The fourth-order valence-electron chi connectivity index (χ4n) is 9.22. The highest BCUT2D eigenvalue weighted by atomic mass is 16.6. The van der Waals surface area contributed by atoms with E-state index in [0.29, 0.717) is 19.3 Å². The summed E-state index contributed by atoms with van der Waals surface area (Å²) in [5.74, 6) is -0.857. The van der Waals surface area contributed by atoms with E-state index in [0.717, 1.165) is 77.0 Å². The Kier molecular flexibility index (Phi) is 57.2. The van der Waals surface area contributed by atoms with Gasteiger partial charge in [-0.2, -0.15) is 0 Å². The molecule has 6 nitrogen and oxygen atoms in total. The zero-order valence-corrected chi connectivity index (χ0v) is 47.1. The lowest BCUT2D eigenvalue weighted by atomic mass is 10.0. The number of carbonyl (C=O) groups excluding carboxylic acids is 3. The van der Waals surface area contributed by atoms with Crippen LogP contribution in [-0.2, 0) is 28.6 Å². The van der Waals surface area contributed by atoms with Crippen LogP contribution in [0.4, 0.5) is 0 Å². The Labute approximate surface area is 435 Å². The van der Waals surface area contributed by atoms with E-state index in [1.165, 1.54) is 218 Å². The van der Waals surface area contributed by atoms with Crippen LogP contribution in [0.25, 0.3) is 0 Å². The highest BCUT2D eigenvalue weighted by Crippen LogP contribution is 2.17. The van der Waals surface area contributed by atoms with Gasteiger partial charge in [-0.3, -0.25) is 14.4 Å². The van der Waals surface area contributed by atoms with Crippen molar-refractivity contribution in [1.82, 2.24) is 0 Å². The molecular formula is C64H118O6. The molecule has 0 rings (SSSR count). The van der Waals surface area contributed by atoms with Gasteiger partial charge in [-0.1, -0.05) is 295 Å². The van der Waals surface area contributed by atoms with Gasteiger partial charge in [0, 0.05) is 19.3 Å². The third-order valence-electron chi connectivity index (χ3n) is 13.9. The van der Waals surface area contributed by atoms with Crippen molar-refractivity contribution in [2.24, 2.45) is 0 Å². The highest BCUT2D eigenvalue weighted by molar-refractivity contribution is 5.71. The summed E-state index contributed by atoms with van der Waals surface area (Å²) in [5.41, 5.74) is 0. The topological polar surface area (TPSA) is 78.9 Å². The molecule has 0 bridgehead atoms. The Morgan fingerprint density at radius 3 is 0.800 bits per heavy atom. The smallest absolute Gasteiger partial charge is 0.306 e. The second-order valence-electron chi connectivity index (χ2n) is 21.0. The third-order valence-corrected chi connectivity index (χ3v) is 13.9. The number of esters is 3. The van der Waals surface area contributed by atoms with Crippen LogP contribution in [0.15, 0.2) is 36.5 Å². The van der Waals surface area contributed by atoms with Crippen molar-refractivity contribution >= 4 is 17.9 Å². The van der Waals surface area contributed by atoms with E-state index < -0.39 is 6.10 Å². The minimum atomic E-state index is -0.771. The number of allylic oxidation sites excluding steroid dienone is 6. The molecule has 0 aliphatic carbocycles. The zero-order valence-electron chi connectivity index (χ0n) is 47.1. The predicted molar refractivity (Wildman–Crippen MR) is 302 cm³/mol. The molecule has 0 fully saturated rings. The predicted octanol–water partition coefficient (Wildman–Crippen LogP) is 20.8. The van der Waals surface area contributed by atoms with Gasteiger partial charge in [0.15, 0.2) is 6.10 Å². The van der Waals surface area contributed by atoms with E-state index in [9.17, 15) is 14.4 Å². The summed E-state index contributed by atoms with van der Waals surface area (Å²) in [4.78, 5) is 38.2. The third kappa shape index (κ3) is 56.5. The molecule has 0 aromatic heterocycles. The molecule has 0 saturated heterocycles. The molecule has 0 amide bonds. The molecule has 0 aliphatic heterocycles. The molecule has 0 saturated carbocycles. The van der Waals surface area contributed by atoms with E-state index in [1.54, 1.807) is 0 Å². The number of rotatable bonds is 57. The van der Waals surface area contributed by atoms with Gasteiger partial charge >= 0.3 is 17.9 Å². The lowest BCUT2D eigenvalue weighted by Crippen LogP contribution is -2.30. The Bertz CT molecular complexity index is 1170. The van der Waals surface area contributed by atoms with Gasteiger partial charge in [0.1, 0.15) is 13.2 Å². The van der Waals surface area contributed by atoms with Crippen LogP contribution in [0.2, 0.25) is 0 Å². The van der Waals surface area contributed by atoms with Gasteiger partial charge in [-0.25, -0.2) is 0 Å². The van der Waals surface area contributed by atoms with Crippen LogP contribution in [0.3, 0.4) is 0 Å². The Balaban J connectivity index is 4.24. The van der Waals surface area contributed by atoms with Gasteiger partial charge in [-0.15, -0.1) is 0 Å². The molecule has 0 aromatic rings. The van der Waals surface area contributed by atoms with Crippen molar-refractivity contribution in [3.05, 3.63) is 36.5 Å². The molecule has 70 heavy (non-hydrogen) atoms. The number of hydrogen-bond acceptors (Lipinski definition) is 6. The first-order valence-electron chi connectivity index (χ1n) is 31.0. The molecule has 0 aromatic carbocycles. The van der Waals surface area contributed by atoms with Crippen molar-refractivity contribution < 1.29 is 28.6 Å². The summed E-state index contributed by atoms with van der Waals surface area (Å²) in [7, 11) is 0. The van der Waals surface area contributed by atoms with Gasteiger partial charge in [0.25, 0.3) is 0 Å². The summed E-state index contributed by atoms with van der Waals surface area (Å²) >= 11 is 0. The number of ether oxygens (including phenoxy) is 3. The van der Waals surface area contributed by atoms with Crippen molar-refractivity contribution in [2.75, 3.05) is 13.2 Å². The second-order valence-corrected chi connectivity index (χ2v) is 21.0. The first-order valence-corrected chi connectivity index (χ1v) is 31.0. The minimum Gasteiger partial charge on any atom is -0.462 e. The molecule has 1 unspecified atom stereocenters. The van der Waals surface area contributed by atoms with Gasteiger partial charge in [0.05, 0.1) is 0 Å². The summed E-state index contributed by atoms with van der Waals surface area (Å²) in [6.45, 7) is 6.66. The molecule has 410 valence electrons. The monoisotopic (exact) mass is 983 g/mol. The van der Waals surface area contributed by atoms with Crippen LogP contribution in [0.1, 0.15) is 335 Å². The summed E-state index contributed by atoms with van der Waals surface area (Å²) in [6, 6.07) is 0. The second kappa shape index (κ2) is 59.2. The van der Waals surface area contributed by atoms with Crippen molar-refractivity contribution in [1.29, 1.82) is 0 Å². The normalized spacial score (nSPS) is 12.2. The van der Waals surface area contributed by atoms with Crippen molar-refractivity contribution in [3.8, 4) is 0 Å². The maximum absolute atomic E-state index is 12.9. The summed E-state index contributed by atoms with van der Waals surface area (Å²) < 4.78 is 16.9. The molecule has 0 spiro atoms. The SMILES string of the molecule is CCCCCCC/C=C\C/C=C\C/C=C\CCCCCCCCCCC(=O)OCC(COC(=O)CCCCCCCCCCCC)OC(=O)CCCCCCCCCCCCCCCCCCCCC. The van der Waals surface area contributed by atoms with Gasteiger partial charge in [0.2, 0.25) is 0 Å². The average molecular weight is 984 g/mol. The summed E-state index contributed by atoms with van der Waals surface area (Å²) in [5, 5.41) is 0. The van der Waals surface area contributed by atoms with Gasteiger partial charge < -0.3 is 14.2 Å². The standard InChI is InChI=1S/C64H118O6/c1-4-7-10-13-16-19-22-24-26-28-30-31-32-33-35-36-38-40-42-45-48-51-54-57-63(66)69-60-61(59-68-62(65)56-53-50-47-44-21-18-15-12-9-6-3)70-64(67)58-55-52-49-46-43-41-39-37-34-29-27-25-23-20-17-14-11-8-5-2/h22,24,28,30,32-33,61H,4-21,23,25-27,29,31,34-60H2,1-3H3/b24-22-,30-28-,33-32-. The van der Waals surface area contributed by atoms with E-state index in [4.69, 9.17) is 14.2 Å². The fraction of sp³-hybridized carbons (Fsp3) is 0.859. The molecule has 0 aliphatic rings. The van der Waals surface area contributed by atoms with Crippen LogP contribution >= 0.6 is 0 Å². The first-order chi connectivity index (χ1) is 34.5. The van der Waals surface area contributed by atoms with E-state index in [2.05, 4.69) is 57.2 Å². The molecular weight excluding hydrogens is 865 g/mol. The van der Waals surface area contributed by atoms with Crippen LogP contribution in [0.5, 0.6) is 0 Å². The largest absolute Gasteiger partial charge is 0.462 e. The van der Waals surface area contributed by atoms with E-state index >= 15 is 0 Å². The maximum Gasteiger partial charge on any atom is 0.306 e. The molecule has 0 radical (unpaired) electrons. The van der Waals surface area contributed by atoms with Crippen molar-refractivity contribution in [3.63, 3.8) is 0 Å².